The second-order valence-corrected chi connectivity index (χ2v) is 5.17. The van der Waals surface area contributed by atoms with E-state index in [1.807, 2.05) is 6.07 Å². The van der Waals surface area contributed by atoms with Gasteiger partial charge in [-0.1, -0.05) is 15.9 Å². The Hall–Kier alpha value is -1.07. The van der Waals surface area contributed by atoms with Gasteiger partial charge in [-0.05, 0) is 37.5 Å². The van der Waals surface area contributed by atoms with E-state index in [-0.39, 0.29) is 12.1 Å². The summed E-state index contributed by atoms with van der Waals surface area (Å²) in [6.45, 7) is 0. The molecule has 2 unspecified atom stereocenters. The first kappa shape index (κ1) is 12.4. The van der Waals surface area contributed by atoms with E-state index < -0.39 is 5.91 Å². The summed E-state index contributed by atoms with van der Waals surface area (Å²) in [4.78, 5) is 11.3. The van der Waals surface area contributed by atoms with Crippen molar-refractivity contribution in [2.45, 2.75) is 31.4 Å². The van der Waals surface area contributed by atoms with Gasteiger partial charge in [-0.3, -0.25) is 4.79 Å². The molecule has 1 aliphatic rings. The van der Waals surface area contributed by atoms with Crippen molar-refractivity contribution in [1.82, 2.24) is 0 Å². The molecule has 1 aromatic carbocycles. The van der Waals surface area contributed by atoms with Crippen molar-refractivity contribution in [2.24, 2.45) is 11.5 Å². The van der Waals surface area contributed by atoms with Crippen molar-refractivity contribution in [2.75, 3.05) is 0 Å². The molecule has 0 radical (unpaired) electrons. The molecule has 17 heavy (non-hydrogen) atoms. The third-order valence-corrected chi connectivity index (χ3v) is 3.48. The van der Waals surface area contributed by atoms with Crippen molar-refractivity contribution in [3.63, 3.8) is 0 Å². The predicted molar refractivity (Wildman–Crippen MR) is 68.9 cm³/mol. The zero-order valence-electron chi connectivity index (χ0n) is 9.36. The number of benzene rings is 1. The molecule has 0 saturated heterocycles. The number of primary amides is 1. The van der Waals surface area contributed by atoms with E-state index in [1.165, 1.54) is 0 Å². The molecule has 1 aliphatic carbocycles. The van der Waals surface area contributed by atoms with Gasteiger partial charge in [0.15, 0.2) is 0 Å². The molecule has 5 heteroatoms. The van der Waals surface area contributed by atoms with Crippen LogP contribution >= 0.6 is 15.9 Å². The predicted octanol–water partition coefficient (Wildman–Crippen LogP) is 1.81. The molecule has 1 saturated carbocycles. The Bertz CT molecular complexity index is 437. The molecule has 2 rings (SSSR count). The Morgan fingerprint density at radius 3 is 2.76 bits per heavy atom. The summed E-state index contributed by atoms with van der Waals surface area (Å²) in [7, 11) is 0. The monoisotopic (exact) mass is 298 g/mol. The average Bonchev–Trinajstić information content (AvgIpc) is 2.67. The third-order valence-electron chi connectivity index (χ3n) is 2.99. The topological polar surface area (TPSA) is 78.3 Å². The van der Waals surface area contributed by atoms with E-state index in [0.717, 1.165) is 23.7 Å². The Labute approximate surface area is 108 Å². The molecule has 0 heterocycles. The first-order chi connectivity index (χ1) is 8.08. The van der Waals surface area contributed by atoms with Gasteiger partial charge in [0.2, 0.25) is 0 Å². The maximum Gasteiger partial charge on any atom is 0.252 e. The van der Waals surface area contributed by atoms with Gasteiger partial charge in [-0.2, -0.15) is 0 Å². The molecule has 92 valence electrons. The van der Waals surface area contributed by atoms with Crippen LogP contribution in [0.5, 0.6) is 5.75 Å². The van der Waals surface area contributed by atoms with Crippen molar-refractivity contribution in [3.05, 3.63) is 28.2 Å². The summed E-state index contributed by atoms with van der Waals surface area (Å²) >= 11 is 3.30. The zero-order valence-corrected chi connectivity index (χ0v) is 10.9. The average molecular weight is 299 g/mol. The molecule has 4 nitrogen and oxygen atoms in total. The number of ether oxygens (including phenoxy) is 1. The largest absolute Gasteiger partial charge is 0.488 e. The fourth-order valence-corrected chi connectivity index (χ4v) is 2.42. The van der Waals surface area contributed by atoms with Gasteiger partial charge in [0, 0.05) is 10.5 Å². The van der Waals surface area contributed by atoms with Gasteiger partial charge in [0.05, 0.1) is 5.56 Å². The van der Waals surface area contributed by atoms with Crippen LogP contribution in [0.1, 0.15) is 29.6 Å². The highest BCUT2D eigenvalue weighted by Crippen LogP contribution is 2.28. The molecule has 0 aliphatic heterocycles. The van der Waals surface area contributed by atoms with E-state index in [2.05, 4.69) is 15.9 Å². The van der Waals surface area contributed by atoms with Gasteiger partial charge in [0.25, 0.3) is 5.91 Å². The second kappa shape index (κ2) is 5.06. The van der Waals surface area contributed by atoms with E-state index in [9.17, 15) is 4.79 Å². The molecular weight excluding hydrogens is 284 g/mol. The minimum atomic E-state index is -0.493. The van der Waals surface area contributed by atoms with Crippen LogP contribution in [0.25, 0.3) is 0 Å². The number of carbonyl (C=O) groups excluding carboxylic acids is 1. The summed E-state index contributed by atoms with van der Waals surface area (Å²) < 4.78 is 6.59. The molecule has 0 bridgehead atoms. The molecule has 1 fully saturated rings. The number of halogens is 1. The van der Waals surface area contributed by atoms with Gasteiger partial charge in [0.1, 0.15) is 11.9 Å². The van der Waals surface area contributed by atoms with Crippen molar-refractivity contribution in [3.8, 4) is 5.75 Å². The van der Waals surface area contributed by atoms with Crippen LogP contribution in [0.3, 0.4) is 0 Å². The number of rotatable bonds is 3. The second-order valence-electron chi connectivity index (χ2n) is 4.26. The minimum absolute atomic E-state index is 0.0192. The summed E-state index contributed by atoms with van der Waals surface area (Å²) in [5.74, 6) is 0.0240. The lowest BCUT2D eigenvalue weighted by atomic mass is 10.1. The Morgan fingerprint density at radius 1 is 1.41 bits per heavy atom. The molecule has 4 N–H and O–H groups in total. The summed E-state index contributed by atoms with van der Waals surface area (Å²) in [6.07, 6.45) is 2.94. The smallest absolute Gasteiger partial charge is 0.252 e. The van der Waals surface area contributed by atoms with Crippen molar-refractivity contribution >= 4 is 21.8 Å². The highest BCUT2D eigenvalue weighted by Gasteiger charge is 2.26. The summed E-state index contributed by atoms with van der Waals surface area (Å²) in [6, 6.07) is 5.27. The molecule has 2 atom stereocenters. The van der Waals surface area contributed by atoms with E-state index in [1.54, 1.807) is 12.1 Å². The highest BCUT2D eigenvalue weighted by atomic mass is 79.9. The standard InChI is InChI=1S/C12H15BrN2O2/c13-7-4-5-10(8(6-7)12(15)16)17-11-3-1-2-9(11)14/h4-6,9,11H,1-3,14H2,(H2,15,16). The molecule has 0 aromatic heterocycles. The van der Waals surface area contributed by atoms with Crippen LogP contribution in [0.15, 0.2) is 22.7 Å². The lowest BCUT2D eigenvalue weighted by Gasteiger charge is -2.19. The minimum Gasteiger partial charge on any atom is -0.488 e. The van der Waals surface area contributed by atoms with Crippen LogP contribution in [-0.2, 0) is 0 Å². The first-order valence-electron chi connectivity index (χ1n) is 5.59. The van der Waals surface area contributed by atoms with Crippen LogP contribution in [-0.4, -0.2) is 18.1 Å². The number of hydrogen-bond donors (Lipinski definition) is 2. The van der Waals surface area contributed by atoms with E-state index >= 15 is 0 Å². The number of carbonyl (C=O) groups is 1. The highest BCUT2D eigenvalue weighted by molar-refractivity contribution is 9.10. The van der Waals surface area contributed by atoms with Gasteiger partial charge in [-0.25, -0.2) is 0 Å². The Balaban J connectivity index is 2.22. The first-order valence-corrected chi connectivity index (χ1v) is 6.39. The van der Waals surface area contributed by atoms with Crippen LogP contribution in [0.2, 0.25) is 0 Å². The number of hydrogen-bond acceptors (Lipinski definition) is 3. The summed E-state index contributed by atoms with van der Waals surface area (Å²) in [5.41, 5.74) is 11.6. The lowest BCUT2D eigenvalue weighted by Crippen LogP contribution is -2.34. The van der Waals surface area contributed by atoms with Crippen LogP contribution in [0.4, 0.5) is 0 Å². The van der Waals surface area contributed by atoms with Gasteiger partial charge < -0.3 is 16.2 Å². The van der Waals surface area contributed by atoms with Crippen LogP contribution in [0, 0.1) is 0 Å². The van der Waals surface area contributed by atoms with E-state index in [0.29, 0.717) is 11.3 Å². The molecule has 1 amide bonds. The fourth-order valence-electron chi connectivity index (χ4n) is 2.06. The van der Waals surface area contributed by atoms with Crippen molar-refractivity contribution in [1.29, 1.82) is 0 Å². The fraction of sp³-hybridized carbons (Fsp3) is 0.417. The Kier molecular flexibility index (Phi) is 3.69. The Morgan fingerprint density at radius 2 is 2.18 bits per heavy atom. The molecular formula is C12H15BrN2O2. The number of nitrogens with two attached hydrogens (primary N) is 2. The third kappa shape index (κ3) is 2.79. The van der Waals surface area contributed by atoms with Gasteiger partial charge in [-0.15, -0.1) is 0 Å². The summed E-state index contributed by atoms with van der Waals surface area (Å²) in [5, 5.41) is 0. The molecule has 0 spiro atoms. The maximum absolute atomic E-state index is 11.3. The molecule has 1 aromatic rings. The van der Waals surface area contributed by atoms with Crippen LogP contribution < -0.4 is 16.2 Å². The maximum atomic E-state index is 11.3. The lowest BCUT2D eigenvalue weighted by molar-refractivity contribution is 0.0992. The van der Waals surface area contributed by atoms with Gasteiger partial charge >= 0.3 is 0 Å². The zero-order chi connectivity index (χ0) is 12.4. The quantitative estimate of drug-likeness (QED) is 0.893. The van der Waals surface area contributed by atoms with Crippen molar-refractivity contribution < 1.29 is 9.53 Å². The van der Waals surface area contributed by atoms with E-state index in [4.69, 9.17) is 16.2 Å². The normalized spacial score (nSPS) is 23.6. The SMILES string of the molecule is NC(=O)c1cc(Br)ccc1OC1CCCC1N. The number of amides is 1.